The zero-order valence-electron chi connectivity index (χ0n) is 15.5. The second kappa shape index (κ2) is 11.7. The van der Waals surface area contributed by atoms with E-state index >= 15 is 0 Å². The highest BCUT2D eigenvalue weighted by Crippen LogP contribution is 2.12. The minimum Gasteiger partial charge on any atom is -0.482 e. The number of hydrogen-bond acceptors (Lipinski definition) is 5. The van der Waals surface area contributed by atoms with Crippen LogP contribution in [0, 0.1) is 0 Å². The Bertz CT molecular complexity index is 700. The maximum absolute atomic E-state index is 12.1. The fraction of sp³-hybridized carbons (Fsp3) is 0.333. The molecule has 0 heterocycles. The van der Waals surface area contributed by atoms with Gasteiger partial charge in [-0.3, -0.25) is 4.79 Å². The van der Waals surface area contributed by atoms with Gasteiger partial charge < -0.3 is 19.5 Å². The molecule has 0 spiro atoms. The molecule has 6 heteroatoms. The van der Waals surface area contributed by atoms with E-state index in [9.17, 15) is 9.59 Å². The Morgan fingerprint density at radius 2 is 1.70 bits per heavy atom. The standard InChI is InChI=1S/C21H25NO5/c1-2-25-14-15-26-20(23)16-27-19-10-8-18(9-11-19)21(24)22-13-12-17-6-4-3-5-7-17/h3-11H,2,12-16H2,1H3,(H,22,24). The van der Waals surface area contributed by atoms with E-state index in [0.717, 1.165) is 6.42 Å². The van der Waals surface area contributed by atoms with E-state index in [-0.39, 0.29) is 19.1 Å². The Morgan fingerprint density at radius 1 is 0.963 bits per heavy atom. The van der Waals surface area contributed by atoms with Crippen LogP contribution in [0.5, 0.6) is 5.75 Å². The minimum absolute atomic E-state index is 0.146. The number of carbonyl (C=O) groups excluding carboxylic acids is 2. The number of hydrogen-bond donors (Lipinski definition) is 1. The van der Waals surface area contributed by atoms with Crippen molar-refractivity contribution in [1.29, 1.82) is 0 Å². The molecule has 0 fully saturated rings. The second-order valence-corrected chi connectivity index (χ2v) is 5.72. The third kappa shape index (κ3) is 7.92. The van der Waals surface area contributed by atoms with Gasteiger partial charge in [0, 0.05) is 18.7 Å². The molecule has 1 amide bonds. The van der Waals surface area contributed by atoms with Crippen molar-refractivity contribution in [3.05, 3.63) is 65.7 Å². The molecule has 0 unspecified atom stereocenters. The van der Waals surface area contributed by atoms with Gasteiger partial charge in [0.05, 0.1) is 6.61 Å². The normalized spacial score (nSPS) is 10.3. The van der Waals surface area contributed by atoms with E-state index in [1.165, 1.54) is 5.56 Å². The van der Waals surface area contributed by atoms with E-state index < -0.39 is 5.97 Å². The van der Waals surface area contributed by atoms with E-state index in [1.807, 2.05) is 37.3 Å². The van der Waals surface area contributed by atoms with Gasteiger partial charge in [-0.1, -0.05) is 30.3 Å². The van der Waals surface area contributed by atoms with Gasteiger partial charge in [-0.05, 0) is 43.2 Å². The van der Waals surface area contributed by atoms with Crippen molar-refractivity contribution in [3.63, 3.8) is 0 Å². The van der Waals surface area contributed by atoms with E-state index in [4.69, 9.17) is 14.2 Å². The Morgan fingerprint density at radius 3 is 2.41 bits per heavy atom. The molecule has 0 aliphatic heterocycles. The van der Waals surface area contributed by atoms with E-state index in [2.05, 4.69) is 5.32 Å². The van der Waals surface area contributed by atoms with Crippen LogP contribution in [-0.4, -0.2) is 44.8 Å². The van der Waals surface area contributed by atoms with Gasteiger partial charge in [-0.15, -0.1) is 0 Å². The molecule has 1 N–H and O–H groups in total. The molecular weight excluding hydrogens is 346 g/mol. The molecular formula is C21H25NO5. The zero-order chi connectivity index (χ0) is 19.3. The van der Waals surface area contributed by atoms with Gasteiger partial charge in [0.1, 0.15) is 12.4 Å². The molecule has 27 heavy (non-hydrogen) atoms. The first-order chi connectivity index (χ1) is 13.2. The first-order valence-electron chi connectivity index (χ1n) is 8.97. The van der Waals surface area contributed by atoms with Crippen LogP contribution in [0.4, 0.5) is 0 Å². The lowest BCUT2D eigenvalue weighted by Gasteiger charge is -2.08. The van der Waals surface area contributed by atoms with Crippen LogP contribution < -0.4 is 10.1 Å². The summed E-state index contributed by atoms with van der Waals surface area (Å²) in [6.45, 7) is 3.41. The highest BCUT2D eigenvalue weighted by Gasteiger charge is 2.07. The summed E-state index contributed by atoms with van der Waals surface area (Å²) in [6.07, 6.45) is 0.777. The Kier molecular flexibility index (Phi) is 8.86. The van der Waals surface area contributed by atoms with Crippen molar-refractivity contribution >= 4 is 11.9 Å². The molecule has 0 aromatic heterocycles. The summed E-state index contributed by atoms with van der Waals surface area (Å²) in [6, 6.07) is 16.6. The van der Waals surface area contributed by atoms with Gasteiger partial charge >= 0.3 is 5.97 Å². The molecule has 0 saturated carbocycles. The number of benzene rings is 2. The maximum Gasteiger partial charge on any atom is 0.344 e. The number of amides is 1. The smallest absolute Gasteiger partial charge is 0.344 e. The molecule has 0 atom stereocenters. The van der Waals surface area contributed by atoms with Crippen LogP contribution in [0.25, 0.3) is 0 Å². The van der Waals surface area contributed by atoms with Crippen molar-refractivity contribution in [2.24, 2.45) is 0 Å². The first-order valence-corrected chi connectivity index (χ1v) is 8.97. The SMILES string of the molecule is CCOCCOC(=O)COc1ccc(C(=O)NCCc2ccccc2)cc1. The highest BCUT2D eigenvalue weighted by atomic mass is 16.6. The van der Waals surface area contributed by atoms with Gasteiger partial charge in [-0.2, -0.15) is 0 Å². The first kappa shape index (κ1) is 20.5. The van der Waals surface area contributed by atoms with Crippen LogP contribution in [0.15, 0.2) is 54.6 Å². The Hall–Kier alpha value is -2.86. The summed E-state index contributed by atoms with van der Waals surface area (Å²) in [7, 11) is 0. The Balaban J connectivity index is 1.69. The van der Waals surface area contributed by atoms with Gasteiger partial charge in [-0.25, -0.2) is 4.79 Å². The quantitative estimate of drug-likeness (QED) is 0.485. The molecule has 0 radical (unpaired) electrons. The lowest BCUT2D eigenvalue weighted by atomic mass is 10.1. The molecule has 0 aliphatic carbocycles. The summed E-state index contributed by atoms with van der Waals surface area (Å²) in [5.74, 6) is -0.108. The van der Waals surface area contributed by atoms with Crippen molar-refractivity contribution in [2.75, 3.05) is 33.0 Å². The predicted molar refractivity (Wildman–Crippen MR) is 102 cm³/mol. The predicted octanol–water partition coefficient (Wildman–Crippen LogP) is 2.62. The fourth-order valence-electron chi connectivity index (χ4n) is 2.31. The average Bonchev–Trinajstić information content (AvgIpc) is 2.71. The molecule has 0 bridgehead atoms. The molecule has 0 saturated heterocycles. The highest BCUT2D eigenvalue weighted by molar-refractivity contribution is 5.94. The lowest BCUT2D eigenvalue weighted by Crippen LogP contribution is -2.25. The molecule has 2 aromatic carbocycles. The minimum atomic E-state index is -0.461. The van der Waals surface area contributed by atoms with Crippen molar-refractivity contribution in [1.82, 2.24) is 5.32 Å². The summed E-state index contributed by atoms with van der Waals surface area (Å²) in [5.41, 5.74) is 1.71. The van der Waals surface area contributed by atoms with Crippen LogP contribution in [-0.2, 0) is 20.7 Å². The van der Waals surface area contributed by atoms with Crippen LogP contribution in [0.3, 0.4) is 0 Å². The van der Waals surface area contributed by atoms with Gasteiger partial charge in [0.2, 0.25) is 0 Å². The number of ether oxygens (including phenoxy) is 3. The number of esters is 1. The molecule has 144 valence electrons. The van der Waals surface area contributed by atoms with Crippen molar-refractivity contribution < 1.29 is 23.8 Å². The Labute approximate surface area is 159 Å². The van der Waals surface area contributed by atoms with E-state index in [0.29, 0.717) is 31.1 Å². The average molecular weight is 371 g/mol. The number of rotatable bonds is 11. The zero-order valence-corrected chi connectivity index (χ0v) is 15.5. The summed E-state index contributed by atoms with van der Waals surface area (Å²) in [4.78, 5) is 23.7. The summed E-state index contributed by atoms with van der Waals surface area (Å²) >= 11 is 0. The van der Waals surface area contributed by atoms with Crippen molar-refractivity contribution in [2.45, 2.75) is 13.3 Å². The monoisotopic (exact) mass is 371 g/mol. The van der Waals surface area contributed by atoms with Crippen molar-refractivity contribution in [3.8, 4) is 5.75 Å². The third-order valence-electron chi connectivity index (χ3n) is 3.71. The number of nitrogens with one attached hydrogen (secondary N) is 1. The largest absolute Gasteiger partial charge is 0.482 e. The van der Waals surface area contributed by atoms with Crippen LogP contribution >= 0.6 is 0 Å². The summed E-state index contributed by atoms with van der Waals surface area (Å²) in [5, 5.41) is 2.88. The van der Waals surface area contributed by atoms with Crippen LogP contribution in [0.2, 0.25) is 0 Å². The van der Waals surface area contributed by atoms with Gasteiger partial charge in [0.15, 0.2) is 6.61 Å². The summed E-state index contributed by atoms with van der Waals surface area (Å²) < 4.78 is 15.4. The maximum atomic E-state index is 12.1. The molecule has 2 rings (SSSR count). The molecule has 2 aromatic rings. The topological polar surface area (TPSA) is 73.9 Å². The van der Waals surface area contributed by atoms with Crippen LogP contribution in [0.1, 0.15) is 22.8 Å². The molecule has 6 nitrogen and oxygen atoms in total. The number of carbonyl (C=O) groups is 2. The fourth-order valence-corrected chi connectivity index (χ4v) is 2.31. The second-order valence-electron chi connectivity index (χ2n) is 5.72. The molecule has 0 aliphatic rings. The third-order valence-corrected chi connectivity index (χ3v) is 3.71. The van der Waals surface area contributed by atoms with Gasteiger partial charge in [0.25, 0.3) is 5.91 Å². The lowest BCUT2D eigenvalue weighted by molar-refractivity contribution is -0.147. The van der Waals surface area contributed by atoms with E-state index in [1.54, 1.807) is 24.3 Å².